The lowest BCUT2D eigenvalue weighted by Gasteiger charge is -2.10. The van der Waals surface area contributed by atoms with Crippen molar-refractivity contribution in [3.63, 3.8) is 0 Å². The van der Waals surface area contributed by atoms with E-state index in [-0.39, 0.29) is 5.78 Å². The molecular weight excluding hydrogens is 335 g/mol. The highest BCUT2D eigenvalue weighted by Gasteiger charge is 2.20. The van der Waals surface area contributed by atoms with Crippen molar-refractivity contribution in [2.45, 2.75) is 4.83 Å². The zero-order chi connectivity index (χ0) is 13.1. The number of carbonyl (C=O) groups excluding carboxylic acids is 1. The predicted octanol–water partition coefficient (Wildman–Crippen LogP) is 5.31. The maximum atomic E-state index is 12.3. The number of halogens is 3. The van der Waals surface area contributed by atoms with Crippen molar-refractivity contribution in [2.75, 3.05) is 0 Å². The maximum Gasteiger partial charge on any atom is 0.182 e. The Morgan fingerprint density at radius 3 is 2.33 bits per heavy atom. The van der Waals surface area contributed by atoms with Gasteiger partial charge in [0.25, 0.3) is 0 Å². The lowest BCUT2D eigenvalue weighted by Crippen LogP contribution is -2.07. The van der Waals surface area contributed by atoms with Gasteiger partial charge in [0, 0.05) is 10.6 Å². The molecule has 1 nitrogen and oxygen atoms in total. The normalized spacial score (nSPS) is 12.2. The number of benzene rings is 2. The van der Waals surface area contributed by atoms with Crippen LogP contribution in [0.1, 0.15) is 20.7 Å². The molecule has 0 heterocycles. The summed E-state index contributed by atoms with van der Waals surface area (Å²) in [6.07, 6.45) is 0. The maximum absolute atomic E-state index is 12.3. The van der Waals surface area contributed by atoms with Gasteiger partial charge >= 0.3 is 0 Å². The van der Waals surface area contributed by atoms with E-state index in [0.717, 1.165) is 5.56 Å². The minimum Gasteiger partial charge on any atom is -0.292 e. The van der Waals surface area contributed by atoms with Gasteiger partial charge in [0.05, 0.1) is 5.02 Å². The molecule has 1 atom stereocenters. The number of hydrogen-bond donors (Lipinski definition) is 0. The van der Waals surface area contributed by atoms with Gasteiger partial charge in [-0.15, -0.1) is 0 Å². The van der Waals surface area contributed by atoms with E-state index in [1.807, 2.05) is 30.3 Å². The number of ketones is 1. The molecular formula is C14H9BrCl2O. The average molecular weight is 344 g/mol. The van der Waals surface area contributed by atoms with Crippen LogP contribution in [0.25, 0.3) is 0 Å². The van der Waals surface area contributed by atoms with Crippen LogP contribution >= 0.6 is 39.1 Å². The minimum absolute atomic E-state index is 0.0807. The Kier molecular flexibility index (Phi) is 4.44. The fourth-order valence-corrected chi connectivity index (χ4v) is 2.65. The summed E-state index contributed by atoms with van der Waals surface area (Å²) in [6.45, 7) is 0. The molecule has 0 saturated heterocycles. The molecule has 0 aromatic heterocycles. The summed E-state index contributed by atoms with van der Waals surface area (Å²) in [5.74, 6) is -0.0807. The zero-order valence-corrected chi connectivity index (χ0v) is 12.3. The Balaban J connectivity index is 2.32. The summed E-state index contributed by atoms with van der Waals surface area (Å²) in [4.78, 5) is 11.9. The SMILES string of the molecule is O=C(c1ccc(Cl)cc1Cl)C(Br)c1ccccc1. The molecule has 0 radical (unpaired) electrons. The Morgan fingerprint density at radius 2 is 1.72 bits per heavy atom. The molecule has 0 bridgehead atoms. The second-order valence-electron chi connectivity index (χ2n) is 3.76. The Labute approximate surface area is 124 Å². The first-order valence-electron chi connectivity index (χ1n) is 5.28. The highest BCUT2D eigenvalue weighted by atomic mass is 79.9. The van der Waals surface area contributed by atoms with Gasteiger partial charge in [-0.2, -0.15) is 0 Å². The molecule has 0 aliphatic heterocycles. The number of carbonyl (C=O) groups is 1. The quantitative estimate of drug-likeness (QED) is 0.545. The van der Waals surface area contributed by atoms with Gasteiger partial charge in [-0.05, 0) is 23.8 Å². The summed E-state index contributed by atoms with van der Waals surface area (Å²) < 4.78 is 0. The van der Waals surface area contributed by atoms with Crippen molar-refractivity contribution in [1.29, 1.82) is 0 Å². The number of alkyl halides is 1. The fraction of sp³-hybridized carbons (Fsp3) is 0.0714. The van der Waals surface area contributed by atoms with E-state index >= 15 is 0 Å². The second kappa shape index (κ2) is 5.87. The third-order valence-corrected chi connectivity index (χ3v) is 4.01. The van der Waals surface area contributed by atoms with Crippen LogP contribution in [0.15, 0.2) is 48.5 Å². The van der Waals surface area contributed by atoms with E-state index < -0.39 is 4.83 Å². The number of rotatable bonds is 3. The highest BCUT2D eigenvalue weighted by Crippen LogP contribution is 2.30. The van der Waals surface area contributed by atoms with E-state index in [0.29, 0.717) is 15.6 Å². The first kappa shape index (κ1) is 13.6. The van der Waals surface area contributed by atoms with Crippen LogP contribution in [0.3, 0.4) is 0 Å². The first-order valence-corrected chi connectivity index (χ1v) is 6.95. The van der Waals surface area contributed by atoms with Crippen molar-refractivity contribution in [1.82, 2.24) is 0 Å². The summed E-state index contributed by atoms with van der Waals surface area (Å²) >= 11 is 15.2. The molecule has 0 fully saturated rings. The molecule has 2 aromatic carbocycles. The highest BCUT2D eigenvalue weighted by molar-refractivity contribution is 9.09. The Hall–Kier alpha value is -0.830. The molecule has 1 unspecified atom stereocenters. The third kappa shape index (κ3) is 2.94. The standard InChI is InChI=1S/C14H9BrCl2O/c15-13(9-4-2-1-3-5-9)14(18)11-7-6-10(16)8-12(11)17/h1-8,13H. The summed E-state index contributed by atoms with van der Waals surface area (Å²) in [5.41, 5.74) is 1.36. The smallest absolute Gasteiger partial charge is 0.182 e. The molecule has 0 aliphatic carbocycles. The molecule has 0 amide bonds. The van der Waals surface area contributed by atoms with E-state index in [4.69, 9.17) is 23.2 Å². The lowest BCUT2D eigenvalue weighted by molar-refractivity contribution is 0.0991. The molecule has 4 heteroatoms. The largest absolute Gasteiger partial charge is 0.292 e. The zero-order valence-electron chi connectivity index (χ0n) is 9.24. The molecule has 0 spiro atoms. The fourth-order valence-electron chi connectivity index (χ4n) is 1.60. The Bertz CT molecular complexity index is 569. The monoisotopic (exact) mass is 342 g/mol. The van der Waals surface area contributed by atoms with Gasteiger partial charge in [0.1, 0.15) is 4.83 Å². The number of Topliss-reactive ketones (excluding diaryl/α,β-unsaturated/α-hetero) is 1. The van der Waals surface area contributed by atoms with Crippen LogP contribution in [0.5, 0.6) is 0 Å². The van der Waals surface area contributed by atoms with Gasteiger partial charge < -0.3 is 0 Å². The van der Waals surface area contributed by atoms with E-state index in [2.05, 4.69) is 15.9 Å². The lowest BCUT2D eigenvalue weighted by atomic mass is 10.0. The molecule has 0 saturated carbocycles. The van der Waals surface area contributed by atoms with Crippen LogP contribution in [-0.4, -0.2) is 5.78 Å². The average Bonchev–Trinajstić information content (AvgIpc) is 2.38. The summed E-state index contributed by atoms with van der Waals surface area (Å²) in [7, 11) is 0. The van der Waals surface area contributed by atoms with Crippen LogP contribution in [0.4, 0.5) is 0 Å². The molecule has 18 heavy (non-hydrogen) atoms. The van der Waals surface area contributed by atoms with Crippen LogP contribution < -0.4 is 0 Å². The van der Waals surface area contributed by atoms with Gasteiger partial charge in [0.2, 0.25) is 0 Å². The Morgan fingerprint density at radius 1 is 1.06 bits per heavy atom. The van der Waals surface area contributed by atoms with Crippen molar-refractivity contribution >= 4 is 44.9 Å². The second-order valence-corrected chi connectivity index (χ2v) is 5.52. The van der Waals surface area contributed by atoms with Gasteiger partial charge in [0.15, 0.2) is 5.78 Å². The molecule has 0 aliphatic rings. The first-order chi connectivity index (χ1) is 8.59. The van der Waals surface area contributed by atoms with Gasteiger partial charge in [-0.25, -0.2) is 0 Å². The summed E-state index contributed by atoms with van der Waals surface area (Å²) in [5, 5.41) is 0.885. The van der Waals surface area contributed by atoms with Gasteiger partial charge in [-0.1, -0.05) is 69.5 Å². The molecule has 0 N–H and O–H groups in total. The number of hydrogen-bond acceptors (Lipinski definition) is 1. The molecule has 2 aromatic rings. The third-order valence-electron chi connectivity index (χ3n) is 2.52. The van der Waals surface area contributed by atoms with Crippen LogP contribution in [-0.2, 0) is 0 Å². The topological polar surface area (TPSA) is 17.1 Å². The van der Waals surface area contributed by atoms with E-state index in [1.54, 1.807) is 18.2 Å². The summed E-state index contributed by atoms with van der Waals surface area (Å²) in [6, 6.07) is 14.3. The minimum atomic E-state index is -0.405. The molecule has 2 rings (SSSR count). The van der Waals surface area contributed by atoms with Crippen LogP contribution in [0, 0.1) is 0 Å². The van der Waals surface area contributed by atoms with Crippen LogP contribution in [0.2, 0.25) is 10.0 Å². The van der Waals surface area contributed by atoms with Crippen molar-refractivity contribution in [2.24, 2.45) is 0 Å². The van der Waals surface area contributed by atoms with E-state index in [9.17, 15) is 4.79 Å². The van der Waals surface area contributed by atoms with Crippen molar-refractivity contribution in [3.8, 4) is 0 Å². The molecule has 92 valence electrons. The van der Waals surface area contributed by atoms with Crippen molar-refractivity contribution < 1.29 is 4.79 Å². The van der Waals surface area contributed by atoms with Gasteiger partial charge in [-0.3, -0.25) is 4.79 Å². The predicted molar refractivity (Wildman–Crippen MR) is 78.9 cm³/mol. The van der Waals surface area contributed by atoms with E-state index in [1.165, 1.54) is 0 Å². The van der Waals surface area contributed by atoms with Crippen molar-refractivity contribution in [3.05, 3.63) is 69.7 Å².